The first-order valence-corrected chi connectivity index (χ1v) is 5.37. The zero-order valence-corrected chi connectivity index (χ0v) is 9.65. The topological polar surface area (TPSA) is 89.1 Å². The van der Waals surface area contributed by atoms with Crippen molar-refractivity contribution in [3.05, 3.63) is 29.8 Å². The number of hydrogen-bond donors (Lipinski definition) is 1. The van der Waals surface area contributed by atoms with Crippen LogP contribution in [0.3, 0.4) is 0 Å². The van der Waals surface area contributed by atoms with Gasteiger partial charge >= 0.3 is 5.97 Å². The number of fused-ring (bicyclic) bond motifs is 1. The van der Waals surface area contributed by atoms with Crippen LogP contribution in [0.25, 0.3) is 0 Å². The van der Waals surface area contributed by atoms with Gasteiger partial charge in [0.25, 0.3) is 0 Å². The van der Waals surface area contributed by atoms with E-state index < -0.39 is 12.0 Å². The molecule has 1 aliphatic rings. The average molecular weight is 258 g/mol. The van der Waals surface area contributed by atoms with Gasteiger partial charge in [0.05, 0.1) is 0 Å². The van der Waals surface area contributed by atoms with Gasteiger partial charge in [-0.15, -0.1) is 11.6 Å². The summed E-state index contributed by atoms with van der Waals surface area (Å²) < 4.78 is 0. The molecule has 0 bridgehead atoms. The summed E-state index contributed by atoms with van der Waals surface area (Å²) in [5.74, 6) is -1.59. The van der Waals surface area contributed by atoms with Crippen molar-refractivity contribution in [2.24, 2.45) is 0 Å². The van der Waals surface area contributed by atoms with Gasteiger partial charge in [0, 0.05) is 12.1 Å². The number of hydrogen-bond acceptors (Lipinski definition) is 2. The summed E-state index contributed by atoms with van der Waals surface area (Å²) in [6.07, 6.45) is 0.341. The number of anilines is 1. The van der Waals surface area contributed by atoms with Crippen molar-refractivity contribution < 1.29 is 20.2 Å². The molecule has 0 unspecified atom stereocenters. The molecule has 3 N–H and O–H groups in total. The third-order valence-corrected chi connectivity index (χ3v) is 2.87. The SMILES string of the molecule is O.O=C(O)[C@@H]1Cc2ccccc2N1C(=O)CCl. The number of carboxylic acid groups (broad SMARTS) is 1. The van der Waals surface area contributed by atoms with E-state index in [-0.39, 0.29) is 17.3 Å². The number of carboxylic acids is 1. The number of carbonyl (C=O) groups excluding carboxylic acids is 1. The third-order valence-electron chi connectivity index (χ3n) is 2.64. The Morgan fingerprint density at radius 2 is 2.06 bits per heavy atom. The van der Waals surface area contributed by atoms with Gasteiger partial charge in [0.15, 0.2) is 0 Å². The minimum atomic E-state index is -1.00. The molecule has 1 atom stereocenters. The second kappa shape index (κ2) is 5.16. The minimum Gasteiger partial charge on any atom is -0.480 e. The highest BCUT2D eigenvalue weighted by Crippen LogP contribution is 2.32. The third kappa shape index (κ3) is 2.25. The van der Waals surface area contributed by atoms with Crippen LogP contribution in [0, 0.1) is 0 Å². The summed E-state index contributed by atoms with van der Waals surface area (Å²) in [5, 5.41) is 9.06. The number of alkyl halides is 1. The number of halogens is 1. The van der Waals surface area contributed by atoms with Crippen LogP contribution in [0.5, 0.6) is 0 Å². The van der Waals surface area contributed by atoms with E-state index >= 15 is 0 Å². The molecule has 1 aliphatic heterocycles. The zero-order chi connectivity index (χ0) is 11.7. The molecule has 17 heavy (non-hydrogen) atoms. The van der Waals surface area contributed by atoms with Gasteiger partial charge in [-0.3, -0.25) is 9.69 Å². The molecule has 2 rings (SSSR count). The van der Waals surface area contributed by atoms with Crippen molar-refractivity contribution >= 4 is 29.2 Å². The molecule has 0 spiro atoms. The van der Waals surface area contributed by atoms with E-state index in [1.165, 1.54) is 4.90 Å². The lowest BCUT2D eigenvalue weighted by molar-refractivity contribution is -0.139. The van der Waals surface area contributed by atoms with Crippen molar-refractivity contribution in [2.75, 3.05) is 10.8 Å². The van der Waals surface area contributed by atoms with Crippen molar-refractivity contribution in [1.29, 1.82) is 0 Å². The molecule has 5 nitrogen and oxygen atoms in total. The minimum absolute atomic E-state index is 0. The largest absolute Gasteiger partial charge is 0.480 e. The number of aliphatic carboxylic acids is 1. The lowest BCUT2D eigenvalue weighted by Gasteiger charge is -2.21. The first-order valence-electron chi connectivity index (χ1n) is 4.84. The van der Waals surface area contributed by atoms with E-state index in [1.54, 1.807) is 12.1 Å². The molecule has 1 aromatic carbocycles. The fourth-order valence-electron chi connectivity index (χ4n) is 1.96. The fourth-order valence-corrected chi connectivity index (χ4v) is 2.08. The average Bonchev–Trinajstić information content (AvgIpc) is 2.67. The van der Waals surface area contributed by atoms with Crippen molar-refractivity contribution in [2.45, 2.75) is 12.5 Å². The Hall–Kier alpha value is -1.59. The Bertz CT molecular complexity index is 449. The number of amides is 1. The van der Waals surface area contributed by atoms with Gasteiger partial charge in [-0.25, -0.2) is 4.79 Å². The van der Waals surface area contributed by atoms with Crippen LogP contribution in [0.2, 0.25) is 0 Å². The molecule has 0 saturated heterocycles. The van der Waals surface area contributed by atoms with Crippen molar-refractivity contribution in [3.8, 4) is 0 Å². The maximum absolute atomic E-state index is 11.6. The number of para-hydroxylation sites is 1. The number of benzene rings is 1. The lowest BCUT2D eigenvalue weighted by Crippen LogP contribution is -2.43. The molecule has 0 fully saturated rings. The number of rotatable bonds is 2. The second-order valence-electron chi connectivity index (χ2n) is 3.58. The van der Waals surface area contributed by atoms with Crippen LogP contribution < -0.4 is 4.90 Å². The zero-order valence-electron chi connectivity index (χ0n) is 8.89. The summed E-state index contributed by atoms with van der Waals surface area (Å²) >= 11 is 5.48. The highest BCUT2D eigenvalue weighted by molar-refractivity contribution is 6.30. The van der Waals surface area contributed by atoms with E-state index in [0.717, 1.165) is 5.56 Å². The fraction of sp³-hybridized carbons (Fsp3) is 0.273. The molecule has 0 saturated carbocycles. The molecule has 0 aromatic heterocycles. The summed E-state index contributed by atoms with van der Waals surface area (Å²) in [6.45, 7) is 0. The predicted octanol–water partition coefficient (Wildman–Crippen LogP) is 0.443. The standard InChI is InChI=1S/C11H10ClNO3.H2O/c12-6-10(14)13-8-4-2-1-3-7(8)5-9(13)11(15)16;/h1-4,9H,5-6H2,(H,15,16);1H2/t9-;/m0./s1. The van der Waals surface area contributed by atoms with Gasteiger partial charge in [0.2, 0.25) is 5.91 Å². The highest BCUT2D eigenvalue weighted by Gasteiger charge is 2.37. The van der Waals surface area contributed by atoms with E-state index in [1.807, 2.05) is 12.1 Å². The molecular weight excluding hydrogens is 246 g/mol. The van der Waals surface area contributed by atoms with E-state index in [2.05, 4.69) is 0 Å². The van der Waals surface area contributed by atoms with E-state index in [9.17, 15) is 9.59 Å². The monoisotopic (exact) mass is 257 g/mol. The van der Waals surface area contributed by atoms with Gasteiger partial charge in [-0.05, 0) is 11.6 Å². The summed E-state index contributed by atoms with van der Waals surface area (Å²) in [7, 11) is 0. The molecule has 0 aliphatic carbocycles. The summed E-state index contributed by atoms with van der Waals surface area (Å²) in [6, 6.07) is 6.34. The van der Waals surface area contributed by atoms with E-state index in [4.69, 9.17) is 16.7 Å². The predicted molar refractivity (Wildman–Crippen MR) is 63.4 cm³/mol. The van der Waals surface area contributed by atoms with Gasteiger partial charge in [-0.1, -0.05) is 18.2 Å². The molecule has 0 radical (unpaired) electrons. The number of nitrogens with zero attached hydrogens (tertiary/aromatic N) is 1. The quantitative estimate of drug-likeness (QED) is 0.780. The van der Waals surface area contributed by atoms with Crippen LogP contribution in [-0.4, -0.2) is 34.4 Å². The van der Waals surface area contributed by atoms with Crippen LogP contribution in [0.15, 0.2) is 24.3 Å². The smallest absolute Gasteiger partial charge is 0.327 e. The van der Waals surface area contributed by atoms with Crippen LogP contribution >= 0.6 is 11.6 Å². The normalized spacial score (nSPS) is 17.2. The van der Waals surface area contributed by atoms with Crippen molar-refractivity contribution in [1.82, 2.24) is 0 Å². The Morgan fingerprint density at radius 3 is 2.65 bits per heavy atom. The molecule has 1 aromatic rings. The summed E-state index contributed by atoms with van der Waals surface area (Å²) in [5.41, 5.74) is 1.52. The molecule has 1 amide bonds. The van der Waals surface area contributed by atoms with Crippen LogP contribution in [0.1, 0.15) is 5.56 Å². The molecule has 6 heteroatoms. The molecule has 92 valence electrons. The van der Waals surface area contributed by atoms with Crippen molar-refractivity contribution in [3.63, 3.8) is 0 Å². The Morgan fingerprint density at radius 1 is 1.41 bits per heavy atom. The Balaban J connectivity index is 0.00000144. The van der Waals surface area contributed by atoms with Crippen LogP contribution in [0.4, 0.5) is 5.69 Å². The van der Waals surface area contributed by atoms with E-state index in [0.29, 0.717) is 12.1 Å². The Labute approximate surface area is 103 Å². The summed E-state index contributed by atoms with van der Waals surface area (Å²) in [4.78, 5) is 24.0. The second-order valence-corrected chi connectivity index (χ2v) is 3.85. The Kier molecular flexibility index (Phi) is 4.09. The first kappa shape index (κ1) is 13.5. The van der Waals surface area contributed by atoms with Crippen LogP contribution in [-0.2, 0) is 16.0 Å². The molecular formula is C11H12ClNO4. The lowest BCUT2D eigenvalue weighted by atomic mass is 10.1. The maximum atomic E-state index is 11.6. The van der Waals surface area contributed by atoms with Gasteiger partial charge < -0.3 is 10.6 Å². The van der Waals surface area contributed by atoms with Gasteiger partial charge in [0.1, 0.15) is 11.9 Å². The maximum Gasteiger partial charge on any atom is 0.327 e. The first-order chi connectivity index (χ1) is 7.65. The highest BCUT2D eigenvalue weighted by atomic mass is 35.5. The number of carbonyl (C=O) groups is 2. The van der Waals surface area contributed by atoms with Gasteiger partial charge in [-0.2, -0.15) is 0 Å². The molecule has 1 heterocycles.